The molecule has 1 aliphatic carbocycles. The molecule has 1 amide bonds. The van der Waals surface area contributed by atoms with Gasteiger partial charge in [0.1, 0.15) is 0 Å². The van der Waals surface area contributed by atoms with Crippen LogP contribution in [0.2, 0.25) is 0 Å². The molecule has 4 nitrogen and oxygen atoms in total. The maximum Gasteiger partial charge on any atom is 0.229 e. The van der Waals surface area contributed by atoms with Crippen molar-refractivity contribution in [3.05, 3.63) is 12.2 Å². The van der Waals surface area contributed by atoms with Crippen LogP contribution < -0.4 is 5.73 Å². The van der Waals surface area contributed by atoms with Crippen LogP contribution in [-0.2, 0) is 9.53 Å². The Kier molecular flexibility index (Phi) is 4.96. The normalized spacial score (nSPS) is 24.1. The van der Waals surface area contributed by atoms with Crippen LogP contribution in [-0.4, -0.2) is 43.2 Å². The zero-order chi connectivity index (χ0) is 12.1. The zero-order valence-electron chi connectivity index (χ0n) is 10.3. The van der Waals surface area contributed by atoms with E-state index in [2.05, 4.69) is 0 Å². The van der Waals surface area contributed by atoms with Gasteiger partial charge in [-0.05, 0) is 20.3 Å². The molecular weight excluding hydrogens is 204 g/mol. The van der Waals surface area contributed by atoms with Gasteiger partial charge in [-0.15, -0.1) is 0 Å². The fourth-order valence-electron chi connectivity index (χ4n) is 1.94. The van der Waals surface area contributed by atoms with E-state index in [1.807, 2.05) is 30.9 Å². The number of carbonyl (C=O) groups excluding carboxylic acids is 1. The minimum absolute atomic E-state index is 0.0328. The molecule has 1 rings (SSSR count). The molecule has 2 atom stereocenters. The highest BCUT2D eigenvalue weighted by atomic mass is 16.5. The van der Waals surface area contributed by atoms with Crippen LogP contribution in [0.4, 0.5) is 0 Å². The van der Waals surface area contributed by atoms with E-state index in [4.69, 9.17) is 10.5 Å². The quantitative estimate of drug-likeness (QED) is 0.705. The van der Waals surface area contributed by atoms with Gasteiger partial charge in [0.05, 0.1) is 12.5 Å². The third-order valence-corrected chi connectivity index (χ3v) is 2.88. The van der Waals surface area contributed by atoms with Crippen molar-refractivity contribution in [3.63, 3.8) is 0 Å². The van der Waals surface area contributed by atoms with Gasteiger partial charge in [-0.25, -0.2) is 0 Å². The van der Waals surface area contributed by atoms with E-state index in [9.17, 15) is 4.79 Å². The largest absolute Gasteiger partial charge is 0.383 e. The van der Waals surface area contributed by atoms with Gasteiger partial charge in [0, 0.05) is 25.7 Å². The minimum atomic E-state index is -0.0470. The number of ether oxygens (including phenoxy) is 1. The first-order valence-corrected chi connectivity index (χ1v) is 5.79. The molecule has 92 valence electrons. The number of hydrogen-bond donors (Lipinski definition) is 1. The Balaban J connectivity index is 2.57. The zero-order valence-corrected chi connectivity index (χ0v) is 10.3. The Morgan fingerprint density at radius 2 is 2.25 bits per heavy atom. The first kappa shape index (κ1) is 13.2. The van der Waals surface area contributed by atoms with Crippen LogP contribution in [0, 0.1) is 5.92 Å². The van der Waals surface area contributed by atoms with Gasteiger partial charge in [0.15, 0.2) is 0 Å². The lowest BCUT2D eigenvalue weighted by Gasteiger charge is -2.28. The standard InChI is InChI=1S/C12H22N2O2/c1-9(2)14(6-7-16-3)12(15)10-4-5-11(13)8-10/h4-5,9-11H,6-8,13H2,1-3H3. The lowest BCUT2D eigenvalue weighted by atomic mass is 10.1. The molecule has 0 spiro atoms. The lowest BCUT2D eigenvalue weighted by molar-refractivity contribution is -0.136. The summed E-state index contributed by atoms with van der Waals surface area (Å²) in [6.45, 7) is 5.26. The van der Waals surface area contributed by atoms with Gasteiger partial charge >= 0.3 is 0 Å². The monoisotopic (exact) mass is 226 g/mol. The molecule has 16 heavy (non-hydrogen) atoms. The summed E-state index contributed by atoms with van der Waals surface area (Å²) in [4.78, 5) is 14.1. The molecule has 0 fully saturated rings. The molecule has 1 aliphatic rings. The molecule has 0 saturated heterocycles. The molecule has 0 aromatic carbocycles. The molecule has 0 aromatic rings. The van der Waals surface area contributed by atoms with Crippen molar-refractivity contribution in [2.24, 2.45) is 11.7 Å². The second kappa shape index (κ2) is 6.01. The van der Waals surface area contributed by atoms with Gasteiger partial charge in [0.25, 0.3) is 0 Å². The molecule has 0 bridgehead atoms. The summed E-state index contributed by atoms with van der Waals surface area (Å²) < 4.78 is 5.02. The number of nitrogens with two attached hydrogens (primary N) is 1. The Bertz CT molecular complexity index is 264. The van der Waals surface area contributed by atoms with Crippen molar-refractivity contribution < 1.29 is 9.53 Å². The van der Waals surface area contributed by atoms with Gasteiger partial charge in [-0.2, -0.15) is 0 Å². The van der Waals surface area contributed by atoms with Crippen LogP contribution >= 0.6 is 0 Å². The summed E-state index contributed by atoms with van der Waals surface area (Å²) in [7, 11) is 1.65. The topological polar surface area (TPSA) is 55.6 Å². The fraction of sp³-hybridized carbons (Fsp3) is 0.750. The Morgan fingerprint density at radius 1 is 1.56 bits per heavy atom. The van der Waals surface area contributed by atoms with Crippen molar-refractivity contribution >= 4 is 5.91 Å². The number of hydrogen-bond acceptors (Lipinski definition) is 3. The highest BCUT2D eigenvalue weighted by molar-refractivity contribution is 5.81. The summed E-state index contributed by atoms with van der Waals surface area (Å²) in [6.07, 6.45) is 4.57. The molecule has 0 saturated carbocycles. The number of amides is 1. The van der Waals surface area contributed by atoms with Gasteiger partial charge < -0.3 is 15.4 Å². The first-order valence-electron chi connectivity index (χ1n) is 5.79. The summed E-state index contributed by atoms with van der Waals surface area (Å²) in [5, 5.41) is 0. The van der Waals surface area contributed by atoms with Crippen LogP contribution in [0.1, 0.15) is 20.3 Å². The lowest BCUT2D eigenvalue weighted by Crippen LogP contribution is -2.42. The molecule has 2 unspecified atom stereocenters. The van der Waals surface area contributed by atoms with E-state index < -0.39 is 0 Å². The van der Waals surface area contributed by atoms with E-state index in [-0.39, 0.29) is 23.9 Å². The maximum atomic E-state index is 12.2. The van der Waals surface area contributed by atoms with Crippen LogP contribution in [0.5, 0.6) is 0 Å². The van der Waals surface area contributed by atoms with Gasteiger partial charge in [0.2, 0.25) is 5.91 Å². The van der Waals surface area contributed by atoms with E-state index in [1.54, 1.807) is 7.11 Å². The number of carbonyl (C=O) groups is 1. The van der Waals surface area contributed by atoms with E-state index in [1.165, 1.54) is 0 Å². The second-order valence-electron chi connectivity index (χ2n) is 4.51. The molecule has 4 heteroatoms. The average Bonchev–Trinajstić information content (AvgIpc) is 2.64. The van der Waals surface area contributed by atoms with Crippen molar-refractivity contribution in [1.29, 1.82) is 0 Å². The highest BCUT2D eigenvalue weighted by Gasteiger charge is 2.28. The van der Waals surface area contributed by atoms with E-state index in [0.29, 0.717) is 13.2 Å². The predicted octanol–water partition coefficient (Wildman–Crippen LogP) is 0.773. The minimum Gasteiger partial charge on any atom is -0.383 e. The number of methoxy groups -OCH3 is 1. The van der Waals surface area contributed by atoms with Crippen molar-refractivity contribution in [3.8, 4) is 0 Å². The summed E-state index contributed by atoms with van der Waals surface area (Å²) in [6, 6.07) is 0.235. The summed E-state index contributed by atoms with van der Waals surface area (Å²) in [5.41, 5.74) is 5.76. The highest BCUT2D eigenvalue weighted by Crippen LogP contribution is 2.20. The first-order chi connectivity index (χ1) is 7.56. The maximum absolute atomic E-state index is 12.2. The molecule has 0 aromatic heterocycles. The average molecular weight is 226 g/mol. The van der Waals surface area contributed by atoms with Crippen LogP contribution in [0.3, 0.4) is 0 Å². The summed E-state index contributed by atoms with van der Waals surface area (Å²) >= 11 is 0. The van der Waals surface area contributed by atoms with Crippen molar-refractivity contribution in [2.75, 3.05) is 20.3 Å². The molecule has 0 heterocycles. The fourth-order valence-corrected chi connectivity index (χ4v) is 1.94. The molecule has 0 radical (unpaired) electrons. The Hall–Kier alpha value is -0.870. The van der Waals surface area contributed by atoms with Gasteiger partial charge in [-0.3, -0.25) is 4.79 Å². The summed E-state index contributed by atoms with van der Waals surface area (Å²) in [5.74, 6) is 0.116. The Morgan fingerprint density at radius 3 is 2.69 bits per heavy atom. The second-order valence-corrected chi connectivity index (χ2v) is 4.51. The van der Waals surface area contributed by atoms with E-state index in [0.717, 1.165) is 6.42 Å². The molecule has 2 N–H and O–H groups in total. The number of rotatable bonds is 5. The number of nitrogens with zero attached hydrogens (tertiary/aromatic N) is 1. The van der Waals surface area contributed by atoms with Crippen molar-refractivity contribution in [2.45, 2.75) is 32.4 Å². The van der Waals surface area contributed by atoms with Crippen LogP contribution in [0.25, 0.3) is 0 Å². The molecular formula is C12H22N2O2. The SMILES string of the molecule is COCCN(C(=O)C1C=CC(N)C1)C(C)C. The van der Waals surface area contributed by atoms with Crippen molar-refractivity contribution in [1.82, 2.24) is 4.90 Å². The van der Waals surface area contributed by atoms with Crippen LogP contribution in [0.15, 0.2) is 12.2 Å². The predicted molar refractivity (Wildman–Crippen MR) is 63.9 cm³/mol. The third-order valence-electron chi connectivity index (χ3n) is 2.88. The van der Waals surface area contributed by atoms with E-state index >= 15 is 0 Å². The smallest absolute Gasteiger partial charge is 0.229 e. The Labute approximate surface area is 97.4 Å². The van der Waals surface area contributed by atoms with Gasteiger partial charge in [-0.1, -0.05) is 12.2 Å². The third kappa shape index (κ3) is 3.32. The molecule has 0 aliphatic heterocycles.